The Morgan fingerprint density at radius 3 is 2.84 bits per heavy atom. The van der Waals surface area contributed by atoms with Crippen LogP contribution in [0.15, 0.2) is 35.7 Å². The first kappa shape index (κ1) is 13.8. The van der Waals surface area contributed by atoms with Crippen LogP contribution in [0.1, 0.15) is 10.4 Å². The van der Waals surface area contributed by atoms with Crippen molar-refractivity contribution in [2.75, 3.05) is 12.4 Å². The van der Waals surface area contributed by atoms with Crippen LogP contribution in [0, 0.1) is 6.92 Å². The van der Waals surface area contributed by atoms with Crippen molar-refractivity contribution in [1.82, 2.24) is 5.32 Å². The van der Waals surface area contributed by atoms with E-state index in [9.17, 15) is 0 Å². The number of anilines is 1. The van der Waals surface area contributed by atoms with E-state index < -0.39 is 0 Å². The molecule has 1 heterocycles. The Morgan fingerprint density at radius 2 is 2.21 bits per heavy atom. The molecule has 3 nitrogen and oxygen atoms in total. The minimum absolute atomic E-state index is 0.627. The van der Waals surface area contributed by atoms with Gasteiger partial charge < -0.3 is 15.4 Å². The zero-order valence-electron chi connectivity index (χ0n) is 10.9. The Kier molecular flexibility index (Phi) is 4.76. The average Bonchev–Trinajstić information content (AvgIpc) is 2.92. The monoisotopic (exact) mass is 292 g/mol. The Bertz CT molecular complexity index is 553. The quantitative estimate of drug-likeness (QED) is 0.844. The molecule has 0 atom stereocenters. The van der Waals surface area contributed by atoms with Crippen LogP contribution in [0.5, 0.6) is 5.75 Å². The standard InChI is InChI=1S/C14H16N2OS2/c1-10-8-11(17-2)5-6-13(10)16-14(18)15-9-12-4-3-7-19-12/h3-8H,9H2,1-2H3,(H2,15,16,18). The van der Waals surface area contributed by atoms with Crippen LogP contribution < -0.4 is 15.4 Å². The van der Waals surface area contributed by atoms with Gasteiger partial charge in [-0.25, -0.2) is 0 Å². The van der Waals surface area contributed by atoms with E-state index >= 15 is 0 Å². The summed E-state index contributed by atoms with van der Waals surface area (Å²) in [6.07, 6.45) is 0. The zero-order valence-corrected chi connectivity index (χ0v) is 12.5. The summed E-state index contributed by atoms with van der Waals surface area (Å²) in [5, 5.41) is 9.07. The van der Waals surface area contributed by atoms with Crippen molar-refractivity contribution in [2.45, 2.75) is 13.5 Å². The molecule has 1 aromatic heterocycles. The third kappa shape index (κ3) is 3.94. The van der Waals surface area contributed by atoms with Crippen LogP contribution in [0.4, 0.5) is 5.69 Å². The van der Waals surface area contributed by atoms with Crippen molar-refractivity contribution in [2.24, 2.45) is 0 Å². The molecule has 2 N–H and O–H groups in total. The van der Waals surface area contributed by atoms with Crippen molar-refractivity contribution < 1.29 is 4.74 Å². The number of benzene rings is 1. The van der Waals surface area contributed by atoms with Crippen molar-refractivity contribution in [1.29, 1.82) is 0 Å². The van der Waals surface area contributed by atoms with Gasteiger partial charge in [0.05, 0.1) is 13.7 Å². The lowest BCUT2D eigenvalue weighted by Crippen LogP contribution is -2.27. The van der Waals surface area contributed by atoms with Crippen molar-refractivity contribution in [3.05, 3.63) is 46.2 Å². The summed E-state index contributed by atoms with van der Waals surface area (Å²) in [6.45, 7) is 2.77. The van der Waals surface area contributed by atoms with Crippen LogP contribution in [0.2, 0.25) is 0 Å². The highest BCUT2D eigenvalue weighted by Crippen LogP contribution is 2.20. The molecular weight excluding hydrogens is 276 g/mol. The second kappa shape index (κ2) is 6.54. The molecule has 2 rings (SSSR count). The molecule has 0 saturated heterocycles. The number of ether oxygens (including phenoxy) is 1. The minimum Gasteiger partial charge on any atom is -0.497 e. The predicted octanol–water partition coefficient (Wildman–Crippen LogP) is 3.55. The highest BCUT2D eigenvalue weighted by atomic mass is 32.1. The molecule has 19 heavy (non-hydrogen) atoms. The third-order valence-electron chi connectivity index (χ3n) is 2.69. The first-order valence-corrected chi connectivity index (χ1v) is 7.19. The molecule has 5 heteroatoms. The molecule has 0 bridgehead atoms. The topological polar surface area (TPSA) is 33.3 Å². The second-order valence-electron chi connectivity index (χ2n) is 4.07. The van der Waals surface area contributed by atoms with E-state index in [1.54, 1.807) is 18.4 Å². The van der Waals surface area contributed by atoms with E-state index in [0.29, 0.717) is 5.11 Å². The highest BCUT2D eigenvalue weighted by Gasteiger charge is 2.03. The minimum atomic E-state index is 0.627. The van der Waals surface area contributed by atoms with E-state index in [1.165, 1.54) is 4.88 Å². The van der Waals surface area contributed by atoms with Gasteiger partial charge in [0.25, 0.3) is 0 Å². The number of hydrogen-bond donors (Lipinski definition) is 2. The van der Waals surface area contributed by atoms with Gasteiger partial charge in [0.1, 0.15) is 5.75 Å². The maximum absolute atomic E-state index is 5.28. The fraction of sp³-hybridized carbons (Fsp3) is 0.214. The molecule has 0 aliphatic heterocycles. The van der Waals surface area contributed by atoms with Crippen molar-refractivity contribution in [3.63, 3.8) is 0 Å². The fourth-order valence-electron chi connectivity index (χ4n) is 1.65. The Hall–Kier alpha value is -1.59. The fourth-order valence-corrected chi connectivity index (χ4v) is 2.48. The second-order valence-corrected chi connectivity index (χ2v) is 5.51. The van der Waals surface area contributed by atoms with Gasteiger partial charge in [-0.3, -0.25) is 0 Å². The van der Waals surface area contributed by atoms with Gasteiger partial charge in [-0.15, -0.1) is 11.3 Å². The first-order chi connectivity index (χ1) is 9.19. The van der Waals surface area contributed by atoms with Gasteiger partial charge in [0, 0.05) is 10.6 Å². The summed E-state index contributed by atoms with van der Waals surface area (Å²) in [5.74, 6) is 0.848. The van der Waals surface area contributed by atoms with Gasteiger partial charge in [0.2, 0.25) is 0 Å². The molecule has 1 aromatic carbocycles. The molecule has 0 fully saturated rings. The lowest BCUT2D eigenvalue weighted by Gasteiger charge is -2.12. The molecule has 2 aromatic rings. The smallest absolute Gasteiger partial charge is 0.171 e. The molecular formula is C14H16N2OS2. The Balaban J connectivity index is 1.91. The number of aryl methyl sites for hydroxylation is 1. The molecule has 0 amide bonds. The molecule has 0 aliphatic rings. The van der Waals surface area contributed by atoms with Gasteiger partial charge in [-0.1, -0.05) is 6.07 Å². The molecule has 0 spiro atoms. The number of thiocarbonyl (C=S) groups is 1. The van der Waals surface area contributed by atoms with E-state index in [0.717, 1.165) is 23.5 Å². The predicted molar refractivity (Wildman–Crippen MR) is 85.1 cm³/mol. The van der Waals surface area contributed by atoms with Gasteiger partial charge in [0.15, 0.2) is 5.11 Å². The van der Waals surface area contributed by atoms with Crippen molar-refractivity contribution >= 4 is 34.4 Å². The summed E-state index contributed by atoms with van der Waals surface area (Å²) in [5.41, 5.74) is 2.09. The average molecular weight is 292 g/mol. The Labute approximate surface area is 122 Å². The molecule has 100 valence electrons. The summed E-state index contributed by atoms with van der Waals surface area (Å²) >= 11 is 6.99. The Morgan fingerprint density at radius 1 is 1.37 bits per heavy atom. The molecule has 0 radical (unpaired) electrons. The zero-order chi connectivity index (χ0) is 13.7. The van der Waals surface area contributed by atoms with Crippen LogP contribution >= 0.6 is 23.6 Å². The van der Waals surface area contributed by atoms with Crippen LogP contribution in [-0.4, -0.2) is 12.2 Å². The van der Waals surface area contributed by atoms with Crippen LogP contribution in [0.25, 0.3) is 0 Å². The maximum atomic E-state index is 5.28. The van der Waals surface area contributed by atoms with Gasteiger partial charge in [-0.05, 0) is 54.4 Å². The molecule has 0 aliphatic carbocycles. The third-order valence-corrected chi connectivity index (χ3v) is 3.81. The summed E-state index contributed by atoms with van der Waals surface area (Å²) in [6, 6.07) is 9.97. The largest absolute Gasteiger partial charge is 0.497 e. The molecule has 0 saturated carbocycles. The number of nitrogens with one attached hydrogen (secondary N) is 2. The lowest BCUT2D eigenvalue weighted by molar-refractivity contribution is 0.414. The summed E-state index contributed by atoms with van der Waals surface area (Å²) in [4.78, 5) is 1.26. The van der Waals surface area contributed by atoms with Gasteiger partial charge >= 0.3 is 0 Å². The van der Waals surface area contributed by atoms with E-state index in [1.807, 2.05) is 31.2 Å². The highest BCUT2D eigenvalue weighted by molar-refractivity contribution is 7.80. The summed E-state index contributed by atoms with van der Waals surface area (Å²) in [7, 11) is 1.66. The van der Waals surface area contributed by atoms with Gasteiger partial charge in [-0.2, -0.15) is 0 Å². The number of methoxy groups -OCH3 is 1. The summed E-state index contributed by atoms with van der Waals surface area (Å²) < 4.78 is 5.18. The van der Waals surface area contributed by atoms with E-state index in [2.05, 4.69) is 22.1 Å². The molecule has 0 unspecified atom stereocenters. The normalized spacial score (nSPS) is 10.0. The van der Waals surface area contributed by atoms with E-state index in [4.69, 9.17) is 17.0 Å². The number of hydrogen-bond acceptors (Lipinski definition) is 3. The SMILES string of the molecule is COc1ccc(NC(=S)NCc2cccs2)c(C)c1. The maximum Gasteiger partial charge on any atom is 0.171 e. The number of rotatable bonds is 4. The van der Waals surface area contributed by atoms with E-state index in [-0.39, 0.29) is 0 Å². The van der Waals surface area contributed by atoms with Crippen LogP contribution in [0.3, 0.4) is 0 Å². The lowest BCUT2D eigenvalue weighted by atomic mass is 10.2. The first-order valence-electron chi connectivity index (χ1n) is 5.91. The number of thiophene rings is 1. The van der Waals surface area contributed by atoms with Crippen molar-refractivity contribution in [3.8, 4) is 5.75 Å². The van der Waals surface area contributed by atoms with Crippen LogP contribution in [-0.2, 0) is 6.54 Å².